The number of carbonyl (C=O) groups excluding carboxylic acids is 2. The van der Waals surface area contributed by atoms with E-state index < -0.39 is 16.0 Å². The number of ketones is 1. The second kappa shape index (κ2) is 4.94. The molecule has 1 amide bonds. The average molecular weight is 276 g/mol. The van der Waals surface area contributed by atoms with Crippen LogP contribution in [0.1, 0.15) is 24.2 Å². The molecular weight excluding hydrogens is 264 g/mol. The molecule has 0 aliphatic carbocycles. The Morgan fingerprint density at radius 3 is 2.79 bits per heavy atom. The Labute approximate surface area is 113 Å². The van der Waals surface area contributed by atoms with Crippen LogP contribution in [0.4, 0.5) is 5.69 Å². The Morgan fingerprint density at radius 1 is 1.53 bits per heavy atom. The number of nitriles is 1. The predicted molar refractivity (Wildman–Crippen MR) is 70.3 cm³/mol. The Hall–Kier alpha value is -2.00. The van der Waals surface area contributed by atoms with Gasteiger partial charge in [-0.1, -0.05) is 6.07 Å². The highest BCUT2D eigenvalue weighted by molar-refractivity contribution is 7.86. The van der Waals surface area contributed by atoms with Crippen molar-refractivity contribution in [1.29, 1.82) is 5.26 Å². The first-order valence-corrected chi connectivity index (χ1v) is 6.92. The number of amides is 1. The number of Topliss-reactive ketones (excluding diaryl/α,β-unsaturated/α-hetero) is 1. The van der Waals surface area contributed by atoms with Gasteiger partial charge in [0.1, 0.15) is 11.8 Å². The maximum absolute atomic E-state index is 12.2. The summed E-state index contributed by atoms with van der Waals surface area (Å²) in [6, 6.07) is 6.62. The zero-order chi connectivity index (χ0) is 14.2. The van der Waals surface area contributed by atoms with Gasteiger partial charge in [0.2, 0.25) is 5.91 Å². The normalized spacial score (nSPS) is 21.7. The van der Waals surface area contributed by atoms with Crippen molar-refractivity contribution in [1.82, 2.24) is 0 Å². The first-order chi connectivity index (χ1) is 8.97. The number of fused-ring (bicyclic) bond motifs is 1. The van der Waals surface area contributed by atoms with Crippen molar-refractivity contribution in [3.63, 3.8) is 0 Å². The van der Waals surface area contributed by atoms with Gasteiger partial charge in [0.05, 0.1) is 27.5 Å². The van der Waals surface area contributed by atoms with Gasteiger partial charge in [0.25, 0.3) is 0 Å². The summed E-state index contributed by atoms with van der Waals surface area (Å²) in [5, 5.41) is 8.13. The molecule has 1 aromatic rings. The Kier molecular flexibility index (Phi) is 3.49. The van der Waals surface area contributed by atoms with Crippen LogP contribution in [0.25, 0.3) is 0 Å². The number of rotatable bonds is 2. The van der Waals surface area contributed by atoms with Crippen molar-refractivity contribution in [2.45, 2.75) is 24.0 Å². The van der Waals surface area contributed by atoms with Gasteiger partial charge in [0.15, 0.2) is 5.78 Å². The van der Waals surface area contributed by atoms with Crippen LogP contribution in [-0.4, -0.2) is 27.7 Å². The summed E-state index contributed by atoms with van der Waals surface area (Å²) < 4.78 is 12.2. The first-order valence-electron chi connectivity index (χ1n) is 5.71. The Balaban J connectivity index is 2.63. The second-order valence-electron chi connectivity index (χ2n) is 4.26. The number of hydrogen-bond acceptors (Lipinski definition) is 4. The first kappa shape index (κ1) is 13.4. The van der Waals surface area contributed by atoms with Crippen LogP contribution < -0.4 is 4.90 Å². The number of benzene rings is 1. The topological polar surface area (TPSA) is 78.2 Å². The van der Waals surface area contributed by atoms with E-state index in [1.807, 2.05) is 6.07 Å². The zero-order valence-corrected chi connectivity index (χ0v) is 11.4. The highest BCUT2D eigenvalue weighted by Crippen LogP contribution is 2.32. The molecule has 0 radical (unpaired) electrons. The van der Waals surface area contributed by atoms with Crippen molar-refractivity contribution in [3.8, 4) is 6.07 Å². The van der Waals surface area contributed by atoms with E-state index in [1.165, 1.54) is 17.9 Å². The van der Waals surface area contributed by atoms with Gasteiger partial charge in [-0.2, -0.15) is 5.26 Å². The van der Waals surface area contributed by atoms with E-state index in [9.17, 15) is 13.8 Å². The molecule has 2 unspecified atom stereocenters. The van der Waals surface area contributed by atoms with Crippen LogP contribution in [0.15, 0.2) is 23.1 Å². The Morgan fingerprint density at radius 2 is 2.21 bits per heavy atom. The third-order valence-electron chi connectivity index (χ3n) is 3.04. The quantitative estimate of drug-likeness (QED) is 0.601. The second-order valence-corrected chi connectivity index (χ2v) is 6.00. The van der Waals surface area contributed by atoms with Crippen molar-refractivity contribution in [2.24, 2.45) is 0 Å². The van der Waals surface area contributed by atoms with Gasteiger partial charge >= 0.3 is 0 Å². The number of carbonyl (C=O) groups is 2. The van der Waals surface area contributed by atoms with E-state index in [4.69, 9.17) is 5.26 Å². The molecule has 1 heterocycles. The standard InChI is InChI=1S/C13H12N2O3S/c1-8(16)10-3-4-12-11(7-10)15(6-5-14)13(17)9(2)19(12)18/h3-4,7,9H,6H2,1-2H3. The number of hydrogen-bond donors (Lipinski definition) is 0. The lowest BCUT2D eigenvalue weighted by Gasteiger charge is -2.30. The summed E-state index contributed by atoms with van der Waals surface area (Å²) >= 11 is 0. The lowest BCUT2D eigenvalue weighted by Crippen LogP contribution is -2.44. The zero-order valence-electron chi connectivity index (χ0n) is 10.5. The van der Waals surface area contributed by atoms with E-state index in [1.54, 1.807) is 19.1 Å². The fourth-order valence-corrected chi connectivity index (χ4v) is 3.24. The molecule has 19 heavy (non-hydrogen) atoms. The summed E-state index contributed by atoms with van der Waals surface area (Å²) in [6.45, 7) is 2.87. The SMILES string of the molecule is CC(=O)c1ccc2c(c1)N(CC#N)C(=O)C(C)S2=O. The molecule has 2 rings (SSSR count). The average Bonchev–Trinajstić information content (AvgIpc) is 2.40. The molecule has 0 bridgehead atoms. The molecule has 1 aliphatic heterocycles. The summed E-state index contributed by atoms with van der Waals surface area (Å²) in [6.07, 6.45) is 0. The van der Waals surface area contributed by atoms with Crippen LogP contribution >= 0.6 is 0 Å². The molecule has 0 N–H and O–H groups in total. The maximum atomic E-state index is 12.2. The monoisotopic (exact) mass is 276 g/mol. The summed E-state index contributed by atoms with van der Waals surface area (Å²) in [4.78, 5) is 25.2. The number of anilines is 1. The van der Waals surface area contributed by atoms with E-state index in [-0.39, 0.29) is 18.2 Å². The van der Waals surface area contributed by atoms with Crippen molar-refractivity contribution in [2.75, 3.05) is 11.4 Å². The summed E-state index contributed by atoms with van der Waals surface area (Å²) in [5.41, 5.74) is 0.830. The van der Waals surface area contributed by atoms with Gasteiger partial charge in [-0.25, -0.2) is 0 Å². The number of nitrogens with zero attached hydrogens (tertiary/aromatic N) is 2. The van der Waals surface area contributed by atoms with Gasteiger partial charge in [-0.15, -0.1) is 0 Å². The van der Waals surface area contributed by atoms with Gasteiger partial charge < -0.3 is 0 Å². The Bertz CT molecular complexity index is 633. The largest absolute Gasteiger partial charge is 0.296 e. The predicted octanol–water partition coefficient (Wildman–Crippen LogP) is 1.26. The molecule has 0 saturated carbocycles. The van der Waals surface area contributed by atoms with E-state index in [0.717, 1.165) is 0 Å². The molecule has 98 valence electrons. The maximum Gasteiger partial charge on any atom is 0.243 e. The van der Waals surface area contributed by atoms with Crippen LogP contribution in [0, 0.1) is 11.3 Å². The summed E-state index contributed by atoms with van der Waals surface area (Å²) in [5.74, 6) is -0.496. The lowest BCUT2D eigenvalue weighted by atomic mass is 10.1. The van der Waals surface area contributed by atoms with Gasteiger partial charge in [0, 0.05) is 5.56 Å². The molecule has 1 aromatic carbocycles. The molecule has 2 atom stereocenters. The van der Waals surface area contributed by atoms with Gasteiger partial charge in [-0.05, 0) is 26.0 Å². The van der Waals surface area contributed by atoms with E-state index in [2.05, 4.69) is 0 Å². The highest BCUT2D eigenvalue weighted by atomic mass is 32.2. The molecule has 6 heteroatoms. The fourth-order valence-electron chi connectivity index (χ4n) is 1.97. The fraction of sp³-hybridized carbons (Fsp3) is 0.308. The van der Waals surface area contributed by atoms with Crippen LogP contribution in [0.2, 0.25) is 0 Å². The van der Waals surface area contributed by atoms with Gasteiger partial charge in [-0.3, -0.25) is 18.7 Å². The molecule has 1 aliphatic rings. The van der Waals surface area contributed by atoms with E-state index in [0.29, 0.717) is 16.1 Å². The smallest absolute Gasteiger partial charge is 0.243 e. The molecular formula is C13H12N2O3S. The highest BCUT2D eigenvalue weighted by Gasteiger charge is 2.35. The van der Waals surface area contributed by atoms with Crippen molar-refractivity contribution >= 4 is 28.2 Å². The minimum Gasteiger partial charge on any atom is -0.296 e. The molecule has 0 aromatic heterocycles. The van der Waals surface area contributed by atoms with Crippen molar-refractivity contribution < 1.29 is 13.8 Å². The minimum atomic E-state index is -1.45. The summed E-state index contributed by atoms with van der Waals surface area (Å²) in [7, 11) is -1.45. The van der Waals surface area contributed by atoms with Crippen LogP contribution in [-0.2, 0) is 15.6 Å². The van der Waals surface area contributed by atoms with Crippen molar-refractivity contribution in [3.05, 3.63) is 23.8 Å². The minimum absolute atomic E-state index is 0.116. The van der Waals surface area contributed by atoms with Crippen LogP contribution in [0.5, 0.6) is 0 Å². The molecule has 0 saturated heterocycles. The van der Waals surface area contributed by atoms with Crippen LogP contribution in [0.3, 0.4) is 0 Å². The molecule has 5 nitrogen and oxygen atoms in total. The molecule has 0 spiro atoms. The third kappa shape index (κ3) is 2.17. The molecule has 0 fully saturated rings. The third-order valence-corrected chi connectivity index (χ3v) is 4.66. The lowest BCUT2D eigenvalue weighted by molar-refractivity contribution is -0.117. The van der Waals surface area contributed by atoms with E-state index >= 15 is 0 Å².